The van der Waals surface area contributed by atoms with Gasteiger partial charge in [0.1, 0.15) is 12.4 Å². The molecule has 5 aliphatic rings. The second-order valence-electron chi connectivity index (χ2n) is 17.0. The maximum Gasteiger partial charge on any atom is 0.161 e. The van der Waals surface area contributed by atoms with Crippen LogP contribution in [-0.4, -0.2) is 53.0 Å². The number of nitrogens with zero attached hydrogens (tertiary/aromatic N) is 1. The lowest BCUT2D eigenvalue weighted by molar-refractivity contribution is 0.00805. The van der Waals surface area contributed by atoms with E-state index in [2.05, 4.69) is 83.5 Å². The van der Waals surface area contributed by atoms with Crippen LogP contribution in [0.2, 0.25) is 0 Å². The summed E-state index contributed by atoms with van der Waals surface area (Å²) >= 11 is 0. The van der Waals surface area contributed by atoms with Crippen molar-refractivity contribution in [1.29, 1.82) is 0 Å². The summed E-state index contributed by atoms with van der Waals surface area (Å²) in [5, 5.41) is 28.2. The zero-order valence-corrected chi connectivity index (χ0v) is 32.6. The third kappa shape index (κ3) is 7.16. The molecule has 1 saturated heterocycles. The van der Waals surface area contributed by atoms with Gasteiger partial charge in [-0.25, -0.2) is 0 Å². The Morgan fingerprint density at radius 3 is 2.55 bits per heavy atom. The van der Waals surface area contributed by atoms with E-state index >= 15 is 0 Å². The molecule has 8 heteroatoms. The molecule has 1 saturated carbocycles. The first-order valence-corrected chi connectivity index (χ1v) is 20.8. The highest BCUT2D eigenvalue weighted by molar-refractivity contribution is 5.88. The Labute approximate surface area is 330 Å². The number of hydrogen-bond donors (Lipinski definition) is 4. The molecule has 1 spiro atoms. The van der Waals surface area contributed by atoms with Crippen molar-refractivity contribution in [3.05, 3.63) is 113 Å². The normalized spacial score (nSPS) is 26.3. The van der Waals surface area contributed by atoms with Gasteiger partial charge in [0.05, 0.1) is 25.0 Å². The van der Waals surface area contributed by atoms with Crippen LogP contribution in [0.5, 0.6) is 11.5 Å². The largest absolute Gasteiger partial charge is 0.504 e. The molecular weight excluding hydrogens is 699 g/mol. The summed E-state index contributed by atoms with van der Waals surface area (Å²) in [6.45, 7) is 4.28. The lowest BCUT2D eigenvalue weighted by Gasteiger charge is -2.39. The van der Waals surface area contributed by atoms with Gasteiger partial charge < -0.3 is 40.0 Å². The maximum absolute atomic E-state index is 11.5. The predicted octanol–water partition coefficient (Wildman–Crippen LogP) is 8.08. The van der Waals surface area contributed by atoms with E-state index in [0.717, 1.165) is 64.5 Å². The van der Waals surface area contributed by atoms with E-state index in [9.17, 15) is 10.2 Å². The third-order valence-corrected chi connectivity index (χ3v) is 13.7. The molecule has 56 heavy (non-hydrogen) atoms. The SMILES string of the molecule is CC1C#CC2=CC(N)NC3=C2COC(CCC12CCCC2)CC(O)CCc1ccc(O)c(c1)OCc1cc(C2(c4ccccc4)CCOCC2)cc2cn3cc12. The van der Waals surface area contributed by atoms with Gasteiger partial charge in [0, 0.05) is 58.9 Å². The molecule has 0 amide bonds. The number of nitrogens with one attached hydrogen (secondary N) is 1. The zero-order chi connectivity index (χ0) is 38.3. The number of fused-ring (bicyclic) bond motifs is 6. The molecule has 4 unspecified atom stereocenters. The Kier molecular flexibility index (Phi) is 10.2. The van der Waals surface area contributed by atoms with Gasteiger partial charge in [0.15, 0.2) is 11.5 Å². The minimum Gasteiger partial charge on any atom is -0.504 e. The van der Waals surface area contributed by atoms with E-state index in [1.165, 1.54) is 36.8 Å². The molecule has 4 aliphatic heterocycles. The fourth-order valence-corrected chi connectivity index (χ4v) is 10.2. The number of aromatic nitrogens is 1. The van der Waals surface area contributed by atoms with Gasteiger partial charge in [-0.05, 0) is 110 Å². The number of benzene rings is 3. The molecule has 3 aromatic carbocycles. The summed E-state index contributed by atoms with van der Waals surface area (Å²) in [5.74, 6) is 8.97. The molecule has 8 nitrogen and oxygen atoms in total. The molecule has 0 radical (unpaired) electrons. The number of aliphatic hydroxyl groups excluding tert-OH is 1. The van der Waals surface area contributed by atoms with Crippen molar-refractivity contribution >= 4 is 16.6 Å². The van der Waals surface area contributed by atoms with Crippen LogP contribution in [-0.2, 0) is 27.9 Å². The Bertz CT molecular complexity index is 2200. The minimum absolute atomic E-state index is 0.100. The van der Waals surface area contributed by atoms with Gasteiger partial charge in [-0.2, -0.15) is 0 Å². The number of ether oxygens (including phenoxy) is 3. The van der Waals surface area contributed by atoms with E-state index in [4.69, 9.17) is 19.9 Å². The van der Waals surface area contributed by atoms with Crippen molar-refractivity contribution in [2.75, 3.05) is 19.8 Å². The Morgan fingerprint density at radius 1 is 0.911 bits per heavy atom. The first kappa shape index (κ1) is 37.1. The van der Waals surface area contributed by atoms with Crippen molar-refractivity contribution in [3.8, 4) is 23.3 Å². The second kappa shape index (κ2) is 15.4. The van der Waals surface area contributed by atoms with Crippen LogP contribution in [0.3, 0.4) is 0 Å². The van der Waals surface area contributed by atoms with Crippen LogP contribution in [0.15, 0.2) is 90.3 Å². The summed E-state index contributed by atoms with van der Waals surface area (Å²) in [4.78, 5) is 0. The summed E-state index contributed by atoms with van der Waals surface area (Å²) < 4.78 is 21.5. The molecule has 1 aliphatic carbocycles. The fourth-order valence-electron chi connectivity index (χ4n) is 10.2. The molecule has 292 valence electrons. The van der Waals surface area contributed by atoms with Crippen molar-refractivity contribution in [1.82, 2.24) is 9.88 Å². The molecule has 2 fully saturated rings. The van der Waals surface area contributed by atoms with Crippen molar-refractivity contribution in [2.45, 2.75) is 108 Å². The Morgan fingerprint density at radius 2 is 1.73 bits per heavy atom. The van der Waals surface area contributed by atoms with Crippen molar-refractivity contribution < 1.29 is 24.4 Å². The van der Waals surface area contributed by atoms with Gasteiger partial charge >= 0.3 is 0 Å². The minimum atomic E-state index is -0.540. The van der Waals surface area contributed by atoms with Crippen LogP contribution in [0, 0.1) is 23.2 Å². The monoisotopic (exact) mass is 753 g/mol. The molecule has 5 N–H and O–H groups in total. The number of dihydropyridines is 1. The average Bonchev–Trinajstić information content (AvgIpc) is 3.88. The first-order chi connectivity index (χ1) is 27.3. The first-order valence-electron chi connectivity index (χ1n) is 20.8. The van der Waals surface area contributed by atoms with Crippen LogP contribution in [0.25, 0.3) is 16.6 Å². The molecular formula is C48H55N3O5. The highest BCUT2D eigenvalue weighted by Gasteiger charge is 2.40. The lowest BCUT2D eigenvalue weighted by Crippen LogP contribution is -2.40. The van der Waals surface area contributed by atoms with Crippen LogP contribution in [0.1, 0.15) is 93.4 Å². The molecule has 4 aromatic rings. The van der Waals surface area contributed by atoms with Gasteiger partial charge in [-0.15, -0.1) is 0 Å². The topological polar surface area (TPSA) is 111 Å². The highest BCUT2D eigenvalue weighted by Crippen LogP contribution is 2.49. The number of hydrogen-bond acceptors (Lipinski definition) is 7. The third-order valence-electron chi connectivity index (χ3n) is 13.7. The standard InChI is InChI=1S/C48H55N3O5/c1-32-9-12-34-26-45(49)50-46-42(34)31-55-40(15-18-47(32)16-5-6-17-47)27-39(52)13-10-33-11-14-43(53)44(23-33)56-30-36-25-38(24-35-28-51(46)29-41(35)36)48(19-21-54-22-20-48)37-7-3-2-4-8-37/h2-4,7-8,11,14,23-26,28-29,32,39-40,45,50,52-53H,5-6,10,13,15-22,27,30-31,49H2,1H3. The smallest absolute Gasteiger partial charge is 0.161 e. The lowest BCUT2D eigenvalue weighted by atomic mass is 9.68. The number of aliphatic hydroxyl groups is 1. The Balaban J connectivity index is 1.23. The van der Waals surface area contributed by atoms with E-state index < -0.39 is 12.3 Å². The summed E-state index contributed by atoms with van der Waals surface area (Å²) in [5.41, 5.74) is 13.1. The number of phenols is 1. The van der Waals surface area contributed by atoms with E-state index in [1.807, 2.05) is 18.2 Å². The molecule has 6 bridgehead atoms. The van der Waals surface area contributed by atoms with Crippen LogP contribution >= 0.6 is 0 Å². The van der Waals surface area contributed by atoms with Crippen molar-refractivity contribution in [2.24, 2.45) is 17.1 Å². The molecule has 4 atom stereocenters. The van der Waals surface area contributed by atoms with Gasteiger partial charge in [-0.3, -0.25) is 0 Å². The summed E-state index contributed by atoms with van der Waals surface area (Å²) in [7, 11) is 0. The molecule has 9 rings (SSSR count). The number of aryl methyl sites for hydroxylation is 1. The molecule has 1 aromatic heterocycles. The van der Waals surface area contributed by atoms with Crippen LogP contribution < -0.4 is 15.8 Å². The van der Waals surface area contributed by atoms with Gasteiger partial charge in [0.2, 0.25) is 0 Å². The van der Waals surface area contributed by atoms with E-state index in [0.29, 0.717) is 44.8 Å². The number of aromatic hydroxyl groups is 1. The fraction of sp³-hybridized carbons (Fsp3) is 0.458. The number of nitrogens with two attached hydrogens (primary N) is 1. The van der Waals surface area contributed by atoms with Gasteiger partial charge in [-0.1, -0.05) is 74.1 Å². The second-order valence-corrected chi connectivity index (χ2v) is 17.0. The Hall–Kier alpha value is -4.52. The zero-order valence-electron chi connectivity index (χ0n) is 32.6. The maximum atomic E-state index is 11.5. The summed E-state index contributed by atoms with van der Waals surface area (Å²) in [6.07, 6.45) is 15.6. The predicted molar refractivity (Wildman–Crippen MR) is 220 cm³/mol. The molecule has 5 heterocycles. The van der Waals surface area contributed by atoms with Crippen molar-refractivity contribution in [3.63, 3.8) is 0 Å². The quantitative estimate of drug-likeness (QED) is 0.153. The number of rotatable bonds is 2. The highest BCUT2D eigenvalue weighted by atomic mass is 16.5. The average molecular weight is 754 g/mol. The van der Waals surface area contributed by atoms with Gasteiger partial charge in [0.25, 0.3) is 0 Å². The number of phenolic OH excluding ortho intramolecular Hbond substituents is 1. The van der Waals surface area contributed by atoms with Crippen LogP contribution in [0.4, 0.5) is 0 Å². The van der Waals surface area contributed by atoms with E-state index in [-0.39, 0.29) is 35.2 Å². The van der Waals surface area contributed by atoms with E-state index in [1.54, 1.807) is 6.07 Å². The summed E-state index contributed by atoms with van der Waals surface area (Å²) in [6, 6.07) is 21.0.